The molecule has 5 heteroatoms. The van der Waals surface area contributed by atoms with Gasteiger partial charge in [0.25, 0.3) is 0 Å². The van der Waals surface area contributed by atoms with Crippen LogP contribution in [0.15, 0.2) is 18.2 Å². The summed E-state index contributed by atoms with van der Waals surface area (Å²) in [6.07, 6.45) is 5.44. The van der Waals surface area contributed by atoms with E-state index in [-0.39, 0.29) is 24.7 Å². The van der Waals surface area contributed by atoms with Crippen molar-refractivity contribution < 1.29 is 9.18 Å². The number of nitrogens with zero attached hydrogens (tertiary/aromatic N) is 1. The smallest absolute Gasteiger partial charge is 0.223 e. The second kappa shape index (κ2) is 6.88. The van der Waals surface area contributed by atoms with E-state index in [1.807, 2.05) is 12.1 Å². The van der Waals surface area contributed by atoms with Gasteiger partial charge >= 0.3 is 0 Å². The maximum atomic E-state index is 15.1. The number of alkyl halides is 1. The molecule has 1 saturated heterocycles. The molecule has 2 saturated carbocycles. The second-order valence-corrected chi connectivity index (χ2v) is 8.46. The molecular formula is C20H26ClFN2O. The highest BCUT2D eigenvalue weighted by Gasteiger charge is 2.49. The lowest BCUT2D eigenvalue weighted by Gasteiger charge is -2.41. The van der Waals surface area contributed by atoms with Crippen molar-refractivity contribution in [2.75, 3.05) is 19.6 Å². The fraction of sp³-hybridized carbons (Fsp3) is 0.650. The van der Waals surface area contributed by atoms with Crippen LogP contribution in [0.4, 0.5) is 4.39 Å². The molecule has 1 N–H and O–H groups in total. The first kappa shape index (κ1) is 17.3. The predicted octanol–water partition coefficient (Wildman–Crippen LogP) is 4.04. The maximum absolute atomic E-state index is 15.1. The number of hydrogen-bond acceptors (Lipinski definition) is 2. The zero-order valence-corrected chi connectivity index (χ0v) is 15.3. The standard InChI is InChI=1S/C20H26ClFN2O/c21-18-9-17(6-5-15(18)13-24-7-1-2-8-24)20(22)10-16(11-20)19(25)23-12-14-3-4-14/h5-6,9,14,16H,1-4,7-8,10-13H2,(H,23,25)/t16-,20-. The van der Waals surface area contributed by atoms with Gasteiger partial charge in [0.05, 0.1) is 0 Å². The molecule has 1 amide bonds. The average Bonchev–Trinajstić information content (AvgIpc) is 3.26. The molecule has 1 heterocycles. The zero-order valence-electron chi connectivity index (χ0n) is 14.6. The van der Waals surface area contributed by atoms with Gasteiger partial charge in [-0.05, 0) is 74.7 Å². The van der Waals surface area contributed by atoms with E-state index in [1.165, 1.54) is 25.7 Å². The van der Waals surface area contributed by atoms with Crippen molar-refractivity contribution in [1.82, 2.24) is 10.2 Å². The normalized spacial score (nSPS) is 29.4. The Morgan fingerprint density at radius 3 is 2.64 bits per heavy atom. The molecule has 1 aromatic rings. The van der Waals surface area contributed by atoms with E-state index in [0.717, 1.165) is 31.7 Å². The summed E-state index contributed by atoms with van der Waals surface area (Å²) in [6, 6.07) is 5.58. The number of carbonyl (C=O) groups excluding carboxylic acids is 1. The Bertz CT molecular complexity index is 649. The fourth-order valence-electron chi connectivity index (χ4n) is 3.99. The average molecular weight is 365 g/mol. The van der Waals surface area contributed by atoms with E-state index < -0.39 is 5.67 Å². The third kappa shape index (κ3) is 3.85. The van der Waals surface area contributed by atoms with Crippen LogP contribution in [0.3, 0.4) is 0 Å². The number of nitrogens with one attached hydrogen (secondary N) is 1. The largest absolute Gasteiger partial charge is 0.356 e. The summed E-state index contributed by atoms with van der Waals surface area (Å²) in [5.74, 6) is 0.463. The van der Waals surface area contributed by atoms with Crippen LogP contribution in [-0.2, 0) is 17.0 Å². The van der Waals surface area contributed by atoms with Gasteiger partial charge in [0, 0.05) is 24.0 Å². The number of benzene rings is 1. The Morgan fingerprint density at radius 2 is 2.00 bits per heavy atom. The van der Waals surface area contributed by atoms with Crippen molar-refractivity contribution in [3.05, 3.63) is 34.3 Å². The Morgan fingerprint density at radius 1 is 1.28 bits per heavy atom. The van der Waals surface area contributed by atoms with Gasteiger partial charge in [0.15, 0.2) is 0 Å². The Balaban J connectivity index is 1.34. The lowest BCUT2D eigenvalue weighted by molar-refractivity contribution is -0.134. The summed E-state index contributed by atoms with van der Waals surface area (Å²) in [6.45, 7) is 3.82. The van der Waals surface area contributed by atoms with Gasteiger partial charge in [-0.1, -0.05) is 23.7 Å². The number of rotatable bonds is 6. The molecular weight excluding hydrogens is 339 g/mol. The van der Waals surface area contributed by atoms with Crippen LogP contribution in [0.2, 0.25) is 5.02 Å². The van der Waals surface area contributed by atoms with Crippen molar-refractivity contribution in [3.63, 3.8) is 0 Å². The molecule has 0 aromatic heterocycles. The highest BCUT2D eigenvalue weighted by molar-refractivity contribution is 6.31. The minimum absolute atomic E-state index is 0.0110. The molecule has 2 aliphatic carbocycles. The van der Waals surface area contributed by atoms with Gasteiger partial charge in [-0.15, -0.1) is 0 Å². The first-order valence-corrected chi connectivity index (χ1v) is 9.89. The number of halogens is 2. The molecule has 0 atom stereocenters. The number of amides is 1. The van der Waals surface area contributed by atoms with Crippen LogP contribution < -0.4 is 5.32 Å². The summed E-state index contributed by atoms with van der Waals surface area (Å²) >= 11 is 6.41. The molecule has 4 rings (SSSR count). The van der Waals surface area contributed by atoms with E-state index in [1.54, 1.807) is 6.07 Å². The lowest BCUT2D eigenvalue weighted by atomic mass is 9.68. The summed E-state index contributed by atoms with van der Waals surface area (Å²) in [5.41, 5.74) is 0.278. The third-order valence-electron chi connectivity index (χ3n) is 5.94. The maximum Gasteiger partial charge on any atom is 0.223 e. The van der Waals surface area contributed by atoms with Crippen LogP contribution >= 0.6 is 11.6 Å². The second-order valence-electron chi connectivity index (χ2n) is 8.05. The zero-order chi connectivity index (χ0) is 17.4. The molecule has 0 spiro atoms. The minimum atomic E-state index is -1.41. The quantitative estimate of drug-likeness (QED) is 0.826. The van der Waals surface area contributed by atoms with E-state index in [4.69, 9.17) is 11.6 Å². The van der Waals surface area contributed by atoms with Crippen LogP contribution in [0, 0.1) is 11.8 Å². The predicted molar refractivity (Wildman–Crippen MR) is 97.2 cm³/mol. The molecule has 1 aliphatic heterocycles. The summed E-state index contributed by atoms with van der Waals surface area (Å²) < 4.78 is 15.1. The van der Waals surface area contributed by atoms with Crippen molar-refractivity contribution in [2.45, 2.75) is 50.7 Å². The molecule has 3 aliphatic rings. The SMILES string of the molecule is O=C(NCC1CC1)[C@H]1C[C@@](F)(c2ccc(CN3CCCC3)c(Cl)c2)C1. The molecule has 0 bridgehead atoms. The van der Waals surface area contributed by atoms with E-state index in [2.05, 4.69) is 10.2 Å². The number of hydrogen-bond donors (Lipinski definition) is 1. The van der Waals surface area contributed by atoms with Crippen LogP contribution in [0.1, 0.15) is 49.7 Å². The Kier molecular flexibility index (Phi) is 4.76. The summed E-state index contributed by atoms with van der Waals surface area (Å²) in [4.78, 5) is 14.5. The molecule has 136 valence electrons. The van der Waals surface area contributed by atoms with Crippen LogP contribution in [0.25, 0.3) is 0 Å². The molecule has 0 unspecified atom stereocenters. The first-order valence-electron chi connectivity index (χ1n) is 9.51. The topological polar surface area (TPSA) is 32.3 Å². The minimum Gasteiger partial charge on any atom is -0.356 e. The summed E-state index contributed by atoms with van der Waals surface area (Å²) in [5, 5.41) is 3.60. The van der Waals surface area contributed by atoms with Crippen molar-refractivity contribution in [3.8, 4) is 0 Å². The Labute approximate surface area is 153 Å². The van der Waals surface area contributed by atoms with Gasteiger partial charge in [0.1, 0.15) is 5.67 Å². The molecule has 3 fully saturated rings. The van der Waals surface area contributed by atoms with Gasteiger partial charge in [-0.2, -0.15) is 0 Å². The third-order valence-corrected chi connectivity index (χ3v) is 6.29. The molecule has 25 heavy (non-hydrogen) atoms. The number of likely N-dealkylation sites (tertiary alicyclic amines) is 1. The first-order chi connectivity index (χ1) is 12.0. The highest BCUT2D eigenvalue weighted by atomic mass is 35.5. The fourth-order valence-corrected chi connectivity index (χ4v) is 4.23. The van der Waals surface area contributed by atoms with Crippen molar-refractivity contribution in [1.29, 1.82) is 0 Å². The van der Waals surface area contributed by atoms with Gasteiger partial charge in [-0.3, -0.25) is 9.69 Å². The lowest BCUT2D eigenvalue weighted by Crippen LogP contribution is -2.46. The van der Waals surface area contributed by atoms with E-state index in [0.29, 0.717) is 16.5 Å². The van der Waals surface area contributed by atoms with Crippen LogP contribution in [-0.4, -0.2) is 30.4 Å². The van der Waals surface area contributed by atoms with Crippen LogP contribution in [0.5, 0.6) is 0 Å². The number of carbonyl (C=O) groups is 1. The van der Waals surface area contributed by atoms with E-state index in [9.17, 15) is 4.79 Å². The van der Waals surface area contributed by atoms with Gasteiger partial charge in [0.2, 0.25) is 5.91 Å². The van der Waals surface area contributed by atoms with E-state index >= 15 is 4.39 Å². The molecule has 3 nitrogen and oxygen atoms in total. The summed E-state index contributed by atoms with van der Waals surface area (Å²) in [7, 11) is 0. The van der Waals surface area contributed by atoms with Gasteiger partial charge < -0.3 is 5.32 Å². The van der Waals surface area contributed by atoms with Crippen molar-refractivity contribution in [2.24, 2.45) is 11.8 Å². The molecule has 0 radical (unpaired) electrons. The highest BCUT2D eigenvalue weighted by Crippen LogP contribution is 2.49. The van der Waals surface area contributed by atoms with Crippen molar-refractivity contribution >= 4 is 17.5 Å². The monoisotopic (exact) mass is 364 g/mol. The molecule has 1 aromatic carbocycles. The van der Waals surface area contributed by atoms with Gasteiger partial charge in [-0.25, -0.2) is 4.39 Å². The Hall–Kier alpha value is -1.13.